The van der Waals surface area contributed by atoms with Gasteiger partial charge in [0.15, 0.2) is 0 Å². The molecule has 1 rings (SSSR count). The lowest BCUT2D eigenvalue weighted by Crippen LogP contribution is -2.28. The molecule has 0 spiro atoms. The van der Waals surface area contributed by atoms with Gasteiger partial charge in [0.25, 0.3) is 5.53 Å². The third-order valence-electron chi connectivity index (χ3n) is 3.76. The van der Waals surface area contributed by atoms with Crippen LogP contribution in [-0.2, 0) is 39.3 Å². The van der Waals surface area contributed by atoms with Crippen molar-refractivity contribution in [2.75, 3.05) is 40.6 Å². The van der Waals surface area contributed by atoms with Crippen LogP contribution in [0.4, 0.5) is 0 Å². The molecular formula is C18H30O8P2. The van der Waals surface area contributed by atoms with Gasteiger partial charge >= 0.3 is 7.60 Å². The van der Waals surface area contributed by atoms with Crippen LogP contribution in [0.1, 0.15) is 38.8 Å². The molecule has 8 nitrogen and oxygen atoms in total. The van der Waals surface area contributed by atoms with E-state index in [1.807, 2.05) is 0 Å². The van der Waals surface area contributed by atoms with Crippen LogP contribution < -0.4 is 9.47 Å². The quantitative estimate of drug-likeness (QED) is 0.299. The van der Waals surface area contributed by atoms with Gasteiger partial charge in [-0.3, -0.25) is 9.13 Å². The van der Waals surface area contributed by atoms with Crippen LogP contribution in [-0.4, -0.2) is 40.6 Å². The second-order valence-corrected chi connectivity index (χ2v) is 8.33. The second-order valence-electron chi connectivity index (χ2n) is 5.51. The molecule has 0 heterocycles. The summed E-state index contributed by atoms with van der Waals surface area (Å²) in [6.45, 7) is 8.09. The Labute approximate surface area is 168 Å². The molecule has 0 aliphatic carbocycles. The Kier molecular flexibility index (Phi) is 10.6. The average Bonchev–Trinajstić information content (AvgIpc) is 2.67. The van der Waals surface area contributed by atoms with E-state index in [1.54, 1.807) is 39.8 Å². The normalized spacial score (nSPS) is 12.4. The Bertz CT molecular complexity index is 664. The van der Waals surface area contributed by atoms with E-state index in [1.165, 1.54) is 14.2 Å². The van der Waals surface area contributed by atoms with Crippen LogP contribution in [0, 0.1) is 0 Å². The molecule has 0 saturated heterocycles. The molecule has 0 N–H and O–H groups in total. The second kappa shape index (κ2) is 11.9. The minimum Gasteiger partial charge on any atom is -0.496 e. The maximum absolute atomic E-state index is 13.0. The molecule has 0 aliphatic heterocycles. The zero-order chi connectivity index (χ0) is 21.2. The summed E-state index contributed by atoms with van der Waals surface area (Å²) in [5, 5.41) is 0. The van der Waals surface area contributed by atoms with Gasteiger partial charge in [-0.15, -0.1) is 0 Å². The van der Waals surface area contributed by atoms with Crippen molar-refractivity contribution < 1.29 is 37.1 Å². The van der Waals surface area contributed by atoms with Crippen LogP contribution in [0.3, 0.4) is 0 Å². The number of hydrogen-bond acceptors (Lipinski definition) is 8. The minimum atomic E-state index is -3.36. The SMILES string of the molecule is CCOC(OCC)(P=O)c1cc(OC)c(CP(=O)(OCC)OCC)cc1OC. The summed E-state index contributed by atoms with van der Waals surface area (Å²) < 4.78 is 58.1. The molecule has 28 heavy (non-hydrogen) atoms. The number of ether oxygens (including phenoxy) is 4. The molecule has 0 aromatic heterocycles. The van der Waals surface area contributed by atoms with E-state index in [0.29, 0.717) is 22.6 Å². The molecule has 0 atom stereocenters. The highest BCUT2D eigenvalue weighted by molar-refractivity contribution is 7.53. The first kappa shape index (κ1) is 25.0. The Morgan fingerprint density at radius 2 is 1.43 bits per heavy atom. The first-order chi connectivity index (χ1) is 13.4. The molecule has 0 saturated carbocycles. The molecule has 0 radical (unpaired) electrons. The van der Waals surface area contributed by atoms with Crippen molar-refractivity contribution in [1.29, 1.82) is 0 Å². The number of hydrogen-bond donors (Lipinski definition) is 0. The van der Waals surface area contributed by atoms with Gasteiger partial charge in [-0.1, -0.05) is 0 Å². The first-order valence-electron chi connectivity index (χ1n) is 9.14. The van der Waals surface area contributed by atoms with Crippen molar-refractivity contribution in [3.05, 3.63) is 23.3 Å². The Morgan fingerprint density at radius 3 is 1.82 bits per heavy atom. The predicted octanol–water partition coefficient (Wildman–Crippen LogP) is 4.94. The van der Waals surface area contributed by atoms with Crippen molar-refractivity contribution in [3.8, 4) is 11.5 Å². The van der Waals surface area contributed by atoms with Gasteiger partial charge < -0.3 is 28.0 Å². The van der Waals surface area contributed by atoms with E-state index in [0.717, 1.165) is 0 Å². The highest BCUT2D eigenvalue weighted by Gasteiger charge is 2.40. The monoisotopic (exact) mass is 436 g/mol. The molecule has 160 valence electrons. The minimum absolute atomic E-state index is 0.000146. The summed E-state index contributed by atoms with van der Waals surface area (Å²) in [6.07, 6.45) is -0.000146. The van der Waals surface area contributed by atoms with Gasteiger partial charge in [0, 0.05) is 18.8 Å². The van der Waals surface area contributed by atoms with E-state index < -0.39 is 13.1 Å². The lowest BCUT2D eigenvalue weighted by Gasteiger charge is -2.29. The maximum atomic E-state index is 13.0. The van der Waals surface area contributed by atoms with E-state index in [4.69, 9.17) is 28.0 Å². The number of rotatable bonds is 14. The molecule has 0 fully saturated rings. The van der Waals surface area contributed by atoms with Crippen LogP contribution >= 0.6 is 16.1 Å². The Balaban J connectivity index is 3.53. The van der Waals surface area contributed by atoms with Crippen molar-refractivity contribution in [3.63, 3.8) is 0 Å². The topological polar surface area (TPSA) is 89.5 Å². The van der Waals surface area contributed by atoms with Crippen LogP contribution in [0.5, 0.6) is 11.5 Å². The van der Waals surface area contributed by atoms with Crippen LogP contribution in [0.25, 0.3) is 0 Å². The van der Waals surface area contributed by atoms with Crippen molar-refractivity contribution >= 4 is 16.1 Å². The summed E-state index contributed by atoms with van der Waals surface area (Å²) in [4.78, 5) is 0. The molecule has 0 aliphatic rings. The Hall–Kier alpha value is -1.01. The van der Waals surface area contributed by atoms with Gasteiger partial charge in [-0.25, -0.2) is 0 Å². The standard InChI is InChI=1S/C18H30O8P2/c1-7-23-18(27-19,24-8-2)15-12-16(21-5)14(11-17(15)22-6)13-28(20,25-9-3)26-10-4/h11-12H,7-10,13H2,1-6H3. The lowest BCUT2D eigenvalue weighted by molar-refractivity contribution is -0.177. The molecule has 10 heteroatoms. The molecule has 0 bridgehead atoms. The Morgan fingerprint density at radius 1 is 0.893 bits per heavy atom. The molecule has 1 aromatic carbocycles. The van der Waals surface area contributed by atoms with E-state index in [-0.39, 0.29) is 41.0 Å². The van der Waals surface area contributed by atoms with Gasteiger partial charge in [-0.05, 0) is 39.8 Å². The summed E-state index contributed by atoms with van der Waals surface area (Å²) in [7, 11) is -0.785. The van der Waals surface area contributed by atoms with E-state index >= 15 is 0 Å². The highest BCUT2D eigenvalue weighted by Crippen LogP contribution is 2.54. The molecular weight excluding hydrogens is 406 g/mol. The third kappa shape index (κ3) is 5.99. The van der Waals surface area contributed by atoms with Crippen LogP contribution in [0.2, 0.25) is 0 Å². The summed E-state index contributed by atoms with van der Waals surface area (Å²) in [6, 6.07) is 3.27. The highest BCUT2D eigenvalue weighted by atomic mass is 31.2. The molecule has 1 aromatic rings. The maximum Gasteiger partial charge on any atom is 0.335 e. The van der Waals surface area contributed by atoms with E-state index in [2.05, 4.69) is 0 Å². The van der Waals surface area contributed by atoms with Crippen molar-refractivity contribution in [1.82, 2.24) is 0 Å². The zero-order valence-corrected chi connectivity index (χ0v) is 19.1. The lowest BCUT2D eigenvalue weighted by atomic mass is 10.1. The average molecular weight is 436 g/mol. The fraction of sp³-hybridized carbons (Fsp3) is 0.667. The van der Waals surface area contributed by atoms with Gasteiger partial charge in [0.1, 0.15) is 11.5 Å². The smallest absolute Gasteiger partial charge is 0.335 e. The fourth-order valence-corrected chi connectivity index (χ4v) is 5.10. The number of benzene rings is 1. The van der Waals surface area contributed by atoms with E-state index in [9.17, 15) is 9.13 Å². The summed E-state index contributed by atoms with van der Waals surface area (Å²) in [5.74, 6) is 0.767. The third-order valence-corrected chi connectivity index (χ3v) is 6.53. The first-order valence-corrected chi connectivity index (χ1v) is 11.7. The molecule has 0 unspecified atom stereocenters. The van der Waals surface area contributed by atoms with Gasteiger partial charge in [-0.2, -0.15) is 0 Å². The summed E-state index contributed by atoms with van der Waals surface area (Å²) in [5.41, 5.74) is -0.569. The summed E-state index contributed by atoms with van der Waals surface area (Å²) >= 11 is 0. The molecule has 0 amide bonds. The zero-order valence-electron chi connectivity index (χ0n) is 17.4. The van der Waals surface area contributed by atoms with Gasteiger partial charge in [0.05, 0.1) is 39.2 Å². The van der Waals surface area contributed by atoms with Crippen LogP contribution in [0.15, 0.2) is 12.1 Å². The fourth-order valence-electron chi connectivity index (χ4n) is 2.75. The predicted molar refractivity (Wildman–Crippen MR) is 107 cm³/mol. The largest absolute Gasteiger partial charge is 0.496 e. The van der Waals surface area contributed by atoms with Crippen molar-refractivity contribution in [2.45, 2.75) is 39.4 Å². The van der Waals surface area contributed by atoms with Crippen molar-refractivity contribution in [2.24, 2.45) is 0 Å². The number of methoxy groups -OCH3 is 2. The van der Waals surface area contributed by atoms with Gasteiger partial charge in [0.2, 0.25) is 8.46 Å².